The number of ether oxygens (including phenoxy) is 1. The number of phenols is 1. The first-order valence-electron chi connectivity index (χ1n) is 5.46. The Hall–Kier alpha value is -2.22. The molecule has 2 heteroatoms. The van der Waals surface area contributed by atoms with Gasteiger partial charge in [0.25, 0.3) is 0 Å². The molecule has 0 bridgehead atoms. The van der Waals surface area contributed by atoms with Crippen molar-refractivity contribution in [2.45, 2.75) is 6.61 Å². The molecule has 0 aromatic heterocycles. The van der Waals surface area contributed by atoms with Crippen LogP contribution >= 0.6 is 0 Å². The van der Waals surface area contributed by atoms with Crippen molar-refractivity contribution in [2.75, 3.05) is 0 Å². The zero-order valence-corrected chi connectivity index (χ0v) is 9.41. The van der Waals surface area contributed by atoms with Crippen molar-refractivity contribution in [2.24, 2.45) is 0 Å². The van der Waals surface area contributed by atoms with Crippen LogP contribution < -0.4 is 0 Å². The molecule has 2 nitrogen and oxygen atoms in total. The molecule has 0 aliphatic carbocycles. The first kappa shape index (κ1) is 11.3. The number of aromatic hydroxyl groups is 1. The van der Waals surface area contributed by atoms with Crippen molar-refractivity contribution in [1.82, 2.24) is 0 Å². The van der Waals surface area contributed by atoms with Gasteiger partial charge in [0.15, 0.2) is 0 Å². The molecule has 0 radical (unpaired) electrons. The highest BCUT2D eigenvalue weighted by atomic mass is 16.5. The third-order valence-electron chi connectivity index (χ3n) is 2.32. The number of hydrogen-bond acceptors (Lipinski definition) is 2. The molecule has 0 saturated carbocycles. The predicted octanol–water partition coefficient (Wildman–Crippen LogP) is 3.58. The van der Waals surface area contributed by atoms with Gasteiger partial charge in [-0.2, -0.15) is 0 Å². The fourth-order valence-electron chi connectivity index (χ4n) is 1.47. The van der Waals surface area contributed by atoms with Crippen LogP contribution in [0.25, 0.3) is 6.08 Å². The topological polar surface area (TPSA) is 29.5 Å². The zero-order chi connectivity index (χ0) is 11.9. The quantitative estimate of drug-likeness (QED) is 0.807. The van der Waals surface area contributed by atoms with Crippen molar-refractivity contribution >= 4 is 6.08 Å². The van der Waals surface area contributed by atoms with E-state index in [0.717, 1.165) is 11.1 Å². The zero-order valence-electron chi connectivity index (χ0n) is 9.41. The van der Waals surface area contributed by atoms with Crippen LogP contribution in [0, 0.1) is 0 Å². The Morgan fingerprint density at radius 1 is 1.00 bits per heavy atom. The third-order valence-corrected chi connectivity index (χ3v) is 2.32. The Bertz CT molecular complexity index is 489. The third kappa shape index (κ3) is 3.68. The van der Waals surface area contributed by atoms with Crippen molar-refractivity contribution in [3.63, 3.8) is 0 Å². The fourth-order valence-corrected chi connectivity index (χ4v) is 1.47. The largest absolute Gasteiger partial charge is 0.508 e. The minimum absolute atomic E-state index is 0.259. The number of benzene rings is 2. The number of hydrogen-bond donors (Lipinski definition) is 1. The predicted molar refractivity (Wildman–Crippen MR) is 68.4 cm³/mol. The Kier molecular flexibility index (Phi) is 3.81. The van der Waals surface area contributed by atoms with Crippen molar-refractivity contribution in [3.05, 3.63) is 72.0 Å². The summed E-state index contributed by atoms with van der Waals surface area (Å²) in [6.07, 6.45) is 3.46. The lowest BCUT2D eigenvalue weighted by molar-refractivity contribution is 0.239. The van der Waals surface area contributed by atoms with Gasteiger partial charge >= 0.3 is 0 Å². The maximum absolute atomic E-state index is 9.27. The highest BCUT2D eigenvalue weighted by Crippen LogP contribution is 2.12. The van der Waals surface area contributed by atoms with E-state index in [4.69, 9.17) is 4.74 Å². The highest BCUT2D eigenvalue weighted by molar-refractivity contribution is 5.50. The Balaban J connectivity index is 1.86. The van der Waals surface area contributed by atoms with E-state index in [9.17, 15) is 5.11 Å². The van der Waals surface area contributed by atoms with Gasteiger partial charge < -0.3 is 9.84 Å². The van der Waals surface area contributed by atoms with E-state index in [1.165, 1.54) is 0 Å². The van der Waals surface area contributed by atoms with E-state index < -0.39 is 0 Å². The van der Waals surface area contributed by atoms with Gasteiger partial charge in [-0.15, -0.1) is 0 Å². The van der Waals surface area contributed by atoms with E-state index in [1.54, 1.807) is 24.5 Å². The molecule has 0 amide bonds. The normalized spacial score (nSPS) is 10.6. The average Bonchev–Trinajstić information content (AvgIpc) is 2.36. The molecule has 2 rings (SSSR count). The summed E-state index contributed by atoms with van der Waals surface area (Å²) in [6.45, 7) is 0.552. The molecule has 0 spiro atoms. The molecule has 0 atom stereocenters. The summed E-state index contributed by atoms with van der Waals surface area (Å²) in [4.78, 5) is 0. The monoisotopic (exact) mass is 226 g/mol. The van der Waals surface area contributed by atoms with Crippen LogP contribution in [0.3, 0.4) is 0 Å². The number of phenolic OH excluding ortho intramolecular Hbond substituents is 1. The lowest BCUT2D eigenvalue weighted by Crippen LogP contribution is -1.84. The average molecular weight is 226 g/mol. The summed E-state index contributed by atoms with van der Waals surface area (Å²) in [5.74, 6) is 0.259. The van der Waals surface area contributed by atoms with Gasteiger partial charge in [0.2, 0.25) is 0 Å². The molecule has 0 aliphatic rings. The SMILES string of the molecule is Oc1cccc(C=COCc2ccccc2)c1. The minimum Gasteiger partial charge on any atom is -0.508 e. The van der Waals surface area contributed by atoms with E-state index >= 15 is 0 Å². The summed E-state index contributed by atoms with van der Waals surface area (Å²) in [7, 11) is 0. The minimum atomic E-state index is 0.259. The second-order valence-corrected chi connectivity index (χ2v) is 3.69. The van der Waals surface area contributed by atoms with Crippen LogP contribution in [0.2, 0.25) is 0 Å². The van der Waals surface area contributed by atoms with Gasteiger partial charge in [0.05, 0.1) is 6.26 Å². The lowest BCUT2D eigenvalue weighted by atomic mass is 10.2. The van der Waals surface area contributed by atoms with Crippen LogP contribution in [-0.4, -0.2) is 5.11 Å². The van der Waals surface area contributed by atoms with Gasteiger partial charge in [-0.1, -0.05) is 42.5 Å². The molecule has 1 N–H and O–H groups in total. The van der Waals surface area contributed by atoms with Crippen LogP contribution in [0.1, 0.15) is 11.1 Å². The van der Waals surface area contributed by atoms with Crippen molar-refractivity contribution < 1.29 is 9.84 Å². The maximum atomic E-state index is 9.27. The molecule has 86 valence electrons. The molecule has 0 aliphatic heterocycles. The van der Waals surface area contributed by atoms with E-state index in [2.05, 4.69) is 0 Å². The van der Waals surface area contributed by atoms with Crippen LogP contribution in [0.15, 0.2) is 60.9 Å². The first-order valence-corrected chi connectivity index (χ1v) is 5.46. The van der Waals surface area contributed by atoms with Gasteiger partial charge in [-0.05, 0) is 29.3 Å². The molecular weight excluding hydrogens is 212 g/mol. The van der Waals surface area contributed by atoms with Crippen molar-refractivity contribution in [1.29, 1.82) is 0 Å². The molecule has 17 heavy (non-hydrogen) atoms. The summed E-state index contributed by atoms with van der Waals surface area (Å²) < 4.78 is 5.40. The van der Waals surface area contributed by atoms with Crippen molar-refractivity contribution in [3.8, 4) is 5.75 Å². The number of rotatable bonds is 4. The second kappa shape index (κ2) is 5.75. The lowest BCUT2D eigenvalue weighted by Gasteiger charge is -2.00. The molecule has 0 fully saturated rings. The van der Waals surface area contributed by atoms with E-state index in [0.29, 0.717) is 6.61 Å². The standard InChI is InChI=1S/C15H14O2/c16-15-8-4-7-13(11-15)9-10-17-12-14-5-2-1-3-6-14/h1-11,16H,12H2. The Morgan fingerprint density at radius 3 is 2.59 bits per heavy atom. The second-order valence-electron chi connectivity index (χ2n) is 3.69. The van der Waals surface area contributed by atoms with Gasteiger partial charge in [0.1, 0.15) is 12.4 Å². The highest BCUT2D eigenvalue weighted by Gasteiger charge is 1.90. The summed E-state index contributed by atoms with van der Waals surface area (Å²) in [5, 5.41) is 9.27. The van der Waals surface area contributed by atoms with Crippen LogP contribution in [0.5, 0.6) is 5.75 Å². The fraction of sp³-hybridized carbons (Fsp3) is 0.0667. The van der Waals surface area contributed by atoms with Gasteiger partial charge in [-0.3, -0.25) is 0 Å². The summed E-state index contributed by atoms with van der Waals surface area (Å²) in [5.41, 5.74) is 2.05. The van der Waals surface area contributed by atoms with Crippen LogP contribution in [-0.2, 0) is 11.3 Å². The van der Waals surface area contributed by atoms with Gasteiger partial charge in [-0.25, -0.2) is 0 Å². The van der Waals surface area contributed by atoms with E-state index in [-0.39, 0.29) is 5.75 Å². The summed E-state index contributed by atoms with van der Waals surface area (Å²) >= 11 is 0. The first-order chi connectivity index (χ1) is 8.34. The molecule has 0 heterocycles. The molecule has 0 unspecified atom stereocenters. The maximum Gasteiger partial charge on any atom is 0.116 e. The summed E-state index contributed by atoms with van der Waals surface area (Å²) in [6, 6.07) is 17.0. The van der Waals surface area contributed by atoms with Crippen LogP contribution in [0.4, 0.5) is 0 Å². The molecule has 2 aromatic carbocycles. The Morgan fingerprint density at radius 2 is 1.82 bits per heavy atom. The Labute approximate surface area is 101 Å². The molecule has 0 saturated heterocycles. The molecule has 2 aromatic rings. The van der Waals surface area contributed by atoms with Gasteiger partial charge in [0, 0.05) is 0 Å². The molecular formula is C15H14O2. The van der Waals surface area contributed by atoms with E-state index in [1.807, 2.05) is 42.5 Å². The smallest absolute Gasteiger partial charge is 0.116 e.